The van der Waals surface area contributed by atoms with Crippen LogP contribution in [0.2, 0.25) is 0 Å². The zero-order valence-corrected chi connectivity index (χ0v) is 9.70. The Kier molecular flexibility index (Phi) is 3.88. The predicted octanol–water partition coefficient (Wildman–Crippen LogP) is 0.330. The van der Waals surface area contributed by atoms with E-state index in [1.807, 2.05) is 6.07 Å². The Bertz CT molecular complexity index is 435. The molecule has 0 radical (unpaired) electrons. The smallest absolute Gasteiger partial charge is 0.332 e. The van der Waals surface area contributed by atoms with Gasteiger partial charge in [0.1, 0.15) is 6.10 Å². The molecule has 0 aromatic carbocycles. The third-order valence-corrected chi connectivity index (χ3v) is 2.78. The van der Waals surface area contributed by atoms with Gasteiger partial charge < -0.3 is 15.2 Å². The summed E-state index contributed by atoms with van der Waals surface area (Å²) >= 11 is 0. The summed E-state index contributed by atoms with van der Waals surface area (Å²) in [5.74, 6) is -1.29. The van der Waals surface area contributed by atoms with E-state index >= 15 is 0 Å². The minimum Gasteiger partial charge on any atom is -0.479 e. The summed E-state index contributed by atoms with van der Waals surface area (Å²) in [6.45, 7) is 0.365. The highest BCUT2D eigenvalue weighted by atomic mass is 16.5. The van der Waals surface area contributed by atoms with Gasteiger partial charge in [0.05, 0.1) is 0 Å². The number of pyridine rings is 1. The number of nitrogens with one attached hydrogen (secondary N) is 1. The molecule has 0 spiro atoms. The summed E-state index contributed by atoms with van der Waals surface area (Å²) in [4.78, 5) is 26.4. The van der Waals surface area contributed by atoms with E-state index in [-0.39, 0.29) is 5.91 Å². The van der Waals surface area contributed by atoms with E-state index in [2.05, 4.69) is 10.3 Å². The standard InChI is InChI=1S/C12H14N2O4/c15-11(9-3-4-10(18-9)12(16)17)14-7-8-2-1-5-13-6-8/h1-2,5-6,9-10H,3-4,7H2,(H,14,15)(H,16,17)/t9-,10+/m0/s1. The maximum atomic E-state index is 11.7. The number of carbonyl (C=O) groups excluding carboxylic acids is 1. The molecular weight excluding hydrogens is 236 g/mol. The second-order valence-corrected chi connectivity index (χ2v) is 4.11. The van der Waals surface area contributed by atoms with Crippen molar-refractivity contribution in [3.05, 3.63) is 30.1 Å². The molecular formula is C12H14N2O4. The highest BCUT2D eigenvalue weighted by molar-refractivity contribution is 5.82. The number of nitrogens with zero attached hydrogens (tertiary/aromatic N) is 1. The van der Waals surface area contributed by atoms with Crippen molar-refractivity contribution in [2.24, 2.45) is 0 Å². The van der Waals surface area contributed by atoms with Crippen LogP contribution in [0.4, 0.5) is 0 Å². The fourth-order valence-electron chi connectivity index (χ4n) is 1.82. The van der Waals surface area contributed by atoms with Gasteiger partial charge in [-0.05, 0) is 24.5 Å². The van der Waals surface area contributed by atoms with E-state index in [0.29, 0.717) is 19.4 Å². The molecule has 6 heteroatoms. The van der Waals surface area contributed by atoms with Gasteiger partial charge in [0, 0.05) is 18.9 Å². The van der Waals surface area contributed by atoms with E-state index in [1.54, 1.807) is 18.5 Å². The number of ether oxygens (including phenoxy) is 1. The number of hydrogen-bond acceptors (Lipinski definition) is 4. The van der Waals surface area contributed by atoms with Gasteiger partial charge >= 0.3 is 5.97 Å². The summed E-state index contributed by atoms with van der Waals surface area (Å²) in [5.41, 5.74) is 0.888. The van der Waals surface area contributed by atoms with Crippen molar-refractivity contribution in [1.82, 2.24) is 10.3 Å². The Hall–Kier alpha value is -1.95. The third-order valence-electron chi connectivity index (χ3n) is 2.78. The lowest BCUT2D eigenvalue weighted by Gasteiger charge is -2.11. The van der Waals surface area contributed by atoms with Gasteiger partial charge in [0.25, 0.3) is 0 Å². The van der Waals surface area contributed by atoms with Crippen LogP contribution in [0.15, 0.2) is 24.5 Å². The first-order valence-electron chi connectivity index (χ1n) is 5.71. The molecule has 0 bridgehead atoms. The Morgan fingerprint density at radius 2 is 2.22 bits per heavy atom. The van der Waals surface area contributed by atoms with Crippen LogP contribution in [-0.2, 0) is 20.9 Å². The van der Waals surface area contributed by atoms with Crippen LogP contribution >= 0.6 is 0 Å². The highest BCUT2D eigenvalue weighted by Crippen LogP contribution is 2.19. The lowest BCUT2D eigenvalue weighted by molar-refractivity contribution is -0.151. The largest absolute Gasteiger partial charge is 0.479 e. The van der Waals surface area contributed by atoms with E-state index in [0.717, 1.165) is 5.56 Å². The number of carbonyl (C=O) groups is 2. The fraction of sp³-hybridized carbons (Fsp3) is 0.417. The van der Waals surface area contributed by atoms with E-state index in [4.69, 9.17) is 9.84 Å². The van der Waals surface area contributed by atoms with Crippen LogP contribution in [0, 0.1) is 0 Å². The molecule has 1 aliphatic rings. The summed E-state index contributed by atoms with van der Waals surface area (Å²) in [5, 5.41) is 11.5. The number of aromatic nitrogens is 1. The van der Waals surface area contributed by atoms with Gasteiger partial charge in [-0.15, -0.1) is 0 Å². The number of amides is 1. The van der Waals surface area contributed by atoms with Crippen LogP contribution < -0.4 is 5.32 Å². The number of hydrogen-bond donors (Lipinski definition) is 2. The number of rotatable bonds is 4. The molecule has 0 saturated carbocycles. The van der Waals surface area contributed by atoms with Crippen LogP contribution in [-0.4, -0.2) is 34.2 Å². The van der Waals surface area contributed by atoms with Gasteiger partial charge in [0.2, 0.25) is 5.91 Å². The molecule has 0 aliphatic carbocycles. The molecule has 2 heterocycles. The van der Waals surface area contributed by atoms with Crippen molar-refractivity contribution in [3.63, 3.8) is 0 Å². The average molecular weight is 250 g/mol. The van der Waals surface area contributed by atoms with Crippen molar-refractivity contribution in [1.29, 1.82) is 0 Å². The number of carboxylic acid groups (broad SMARTS) is 1. The van der Waals surface area contributed by atoms with Gasteiger partial charge in [-0.3, -0.25) is 9.78 Å². The fourth-order valence-corrected chi connectivity index (χ4v) is 1.82. The molecule has 2 rings (SSSR count). The third kappa shape index (κ3) is 3.04. The quantitative estimate of drug-likeness (QED) is 0.804. The zero-order chi connectivity index (χ0) is 13.0. The normalized spacial score (nSPS) is 22.7. The first kappa shape index (κ1) is 12.5. The van der Waals surface area contributed by atoms with E-state index in [1.165, 1.54) is 0 Å². The molecule has 96 valence electrons. The maximum Gasteiger partial charge on any atom is 0.332 e. The molecule has 2 N–H and O–H groups in total. The molecule has 18 heavy (non-hydrogen) atoms. The molecule has 1 amide bonds. The summed E-state index contributed by atoms with van der Waals surface area (Å²) in [6.07, 6.45) is 2.61. The van der Waals surface area contributed by atoms with Crippen molar-refractivity contribution >= 4 is 11.9 Å². The Balaban J connectivity index is 1.81. The van der Waals surface area contributed by atoms with Gasteiger partial charge in [-0.2, -0.15) is 0 Å². The zero-order valence-electron chi connectivity index (χ0n) is 9.70. The number of aliphatic carboxylic acids is 1. The van der Waals surface area contributed by atoms with Crippen molar-refractivity contribution in [2.45, 2.75) is 31.6 Å². The average Bonchev–Trinajstić information content (AvgIpc) is 2.87. The first-order chi connectivity index (χ1) is 8.66. The summed E-state index contributed by atoms with van der Waals surface area (Å²) in [7, 11) is 0. The van der Waals surface area contributed by atoms with Crippen molar-refractivity contribution in [3.8, 4) is 0 Å². The molecule has 1 aromatic heterocycles. The molecule has 6 nitrogen and oxygen atoms in total. The minimum atomic E-state index is -1.02. The molecule has 0 unspecified atom stereocenters. The molecule has 1 aliphatic heterocycles. The van der Waals surface area contributed by atoms with Gasteiger partial charge in [0.15, 0.2) is 6.10 Å². The Morgan fingerprint density at radius 1 is 1.44 bits per heavy atom. The van der Waals surface area contributed by atoms with Crippen LogP contribution in [0.5, 0.6) is 0 Å². The second-order valence-electron chi connectivity index (χ2n) is 4.11. The molecule has 1 fully saturated rings. The number of carboxylic acids is 1. The molecule has 1 saturated heterocycles. The molecule has 2 atom stereocenters. The maximum absolute atomic E-state index is 11.7. The second kappa shape index (κ2) is 5.59. The lowest BCUT2D eigenvalue weighted by Crippen LogP contribution is -2.35. The Labute approximate surface area is 104 Å². The monoisotopic (exact) mass is 250 g/mol. The SMILES string of the molecule is O=C(NCc1cccnc1)[C@@H]1CC[C@H](C(=O)O)O1. The Morgan fingerprint density at radius 3 is 2.83 bits per heavy atom. The van der Waals surface area contributed by atoms with E-state index in [9.17, 15) is 9.59 Å². The summed E-state index contributed by atoms with van der Waals surface area (Å²) < 4.78 is 5.15. The summed E-state index contributed by atoms with van der Waals surface area (Å²) in [6, 6.07) is 3.64. The van der Waals surface area contributed by atoms with Crippen molar-refractivity contribution in [2.75, 3.05) is 0 Å². The van der Waals surface area contributed by atoms with E-state index < -0.39 is 18.2 Å². The minimum absolute atomic E-state index is 0.275. The van der Waals surface area contributed by atoms with Crippen LogP contribution in [0.25, 0.3) is 0 Å². The van der Waals surface area contributed by atoms with Crippen LogP contribution in [0.1, 0.15) is 18.4 Å². The van der Waals surface area contributed by atoms with Crippen molar-refractivity contribution < 1.29 is 19.4 Å². The van der Waals surface area contributed by atoms with Crippen LogP contribution in [0.3, 0.4) is 0 Å². The van der Waals surface area contributed by atoms with Gasteiger partial charge in [-0.1, -0.05) is 6.07 Å². The molecule has 1 aromatic rings. The topological polar surface area (TPSA) is 88.5 Å². The van der Waals surface area contributed by atoms with Gasteiger partial charge in [-0.25, -0.2) is 4.79 Å². The lowest BCUT2D eigenvalue weighted by atomic mass is 10.2. The predicted molar refractivity (Wildman–Crippen MR) is 61.6 cm³/mol. The first-order valence-corrected chi connectivity index (χ1v) is 5.71. The highest BCUT2D eigenvalue weighted by Gasteiger charge is 2.34.